The van der Waals surface area contributed by atoms with Crippen LogP contribution >= 0.6 is 36.2 Å². The smallest absolute Gasteiger partial charge is 0.222 e. The summed E-state index contributed by atoms with van der Waals surface area (Å²) in [6.07, 6.45) is 5.43. The summed E-state index contributed by atoms with van der Waals surface area (Å²) in [5.41, 5.74) is 6.54. The Morgan fingerprint density at radius 1 is 1.22 bits per heavy atom. The molecule has 2 aromatic rings. The van der Waals surface area contributed by atoms with Crippen LogP contribution in [-0.4, -0.2) is 48.1 Å². The van der Waals surface area contributed by atoms with E-state index in [1.54, 1.807) is 11.3 Å². The highest BCUT2D eigenvalue weighted by atomic mass is 35.5. The number of piperidine rings is 1. The van der Waals surface area contributed by atoms with E-state index in [4.69, 9.17) is 10.5 Å². The Labute approximate surface area is 177 Å². The van der Waals surface area contributed by atoms with E-state index in [0.29, 0.717) is 19.1 Å². The van der Waals surface area contributed by atoms with Gasteiger partial charge in [0.25, 0.3) is 0 Å². The van der Waals surface area contributed by atoms with Crippen LogP contribution < -0.4 is 5.73 Å². The average Bonchev–Trinajstić information content (AvgIpc) is 3.05. The highest BCUT2D eigenvalue weighted by Crippen LogP contribution is 2.23. The normalized spacial score (nSPS) is 14.6. The van der Waals surface area contributed by atoms with Gasteiger partial charge in [-0.3, -0.25) is 4.79 Å². The number of ether oxygens (including phenoxy) is 1. The van der Waals surface area contributed by atoms with Crippen molar-refractivity contribution in [1.82, 2.24) is 9.88 Å². The van der Waals surface area contributed by atoms with E-state index in [2.05, 4.69) is 11.1 Å². The largest absolute Gasteiger partial charge is 0.378 e. The number of aromatic nitrogens is 1. The summed E-state index contributed by atoms with van der Waals surface area (Å²) in [7, 11) is 0. The van der Waals surface area contributed by atoms with Crippen LogP contribution in [0.15, 0.2) is 24.3 Å². The number of para-hydroxylation sites is 1. The maximum absolute atomic E-state index is 12.4. The molecule has 5 nitrogen and oxygen atoms in total. The van der Waals surface area contributed by atoms with Crippen LogP contribution in [0.3, 0.4) is 0 Å². The molecule has 27 heavy (non-hydrogen) atoms. The lowest BCUT2D eigenvalue weighted by Crippen LogP contribution is -2.41. The molecule has 2 N–H and O–H groups in total. The third-order valence-electron chi connectivity index (χ3n) is 4.62. The third kappa shape index (κ3) is 7.20. The molecule has 3 rings (SSSR count). The van der Waals surface area contributed by atoms with Crippen molar-refractivity contribution in [3.8, 4) is 0 Å². The van der Waals surface area contributed by atoms with E-state index < -0.39 is 0 Å². The molecular formula is C19H29Cl2N3O2S. The first kappa shape index (κ1) is 24.1. The molecule has 1 fully saturated rings. The summed E-state index contributed by atoms with van der Waals surface area (Å²) < 4.78 is 7.02. The predicted octanol–water partition coefficient (Wildman–Crippen LogP) is 3.82. The minimum atomic E-state index is 0. The molecule has 0 saturated carbocycles. The van der Waals surface area contributed by atoms with Gasteiger partial charge in [-0.15, -0.1) is 36.2 Å². The molecule has 1 aromatic carbocycles. The van der Waals surface area contributed by atoms with E-state index in [1.807, 2.05) is 23.1 Å². The van der Waals surface area contributed by atoms with Gasteiger partial charge in [0.2, 0.25) is 5.91 Å². The number of halogens is 2. The number of rotatable bonds is 8. The molecule has 0 aliphatic carbocycles. The van der Waals surface area contributed by atoms with Gasteiger partial charge in [-0.25, -0.2) is 4.98 Å². The lowest BCUT2D eigenvalue weighted by Gasteiger charge is -2.32. The number of amides is 1. The standard InChI is InChI=1S/C19H27N3O2S.2ClH/c20-11-4-14-24-15-9-12-22(13-10-15)19(23)8-3-7-18-21-16-5-1-2-6-17(16)25-18;;/h1-2,5-6,15H,3-4,7-14,20H2;2*1H. The first-order valence-corrected chi connectivity index (χ1v) is 10.0. The van der Waals surface area contributed by atoms with Gasteiger partial charge >= 0.3 is 0 Å². The summed E-state index contributed by atoms with van der Waals surface area (Å²) in [5.74, 6) is 0.265. The molecule has 1 aliphatic rings. The summed E-state index contributed by atoms with van der Waals surface area (Å²) >= 11 is 1.73. The minimum absolute atomic E-state index is 0. The van der Waals surface area contributed by atoms with Crippen LogP contribution in [0.4, 0.5) is 0 Å². The molecule has 8 heteroatoms. The lowest BCUT2D eigenvalue weighted by atomic mass is 10.1. The average molecular weight is 434 g/mol. The van der Waals surface area contributed by atoms with Gasteiger partial charge in [-0.05, 0) is 50.8 Å². The van der Waals surface area contributed by atoms with E-state index >= 15 is 0 Å². The Kier molecular flexibility index (Phi) is 11.2. The Balaban J connectivity index is 0.00000182. The van der Waals surface area contributed by atoms with Crippen molar-refractivity contribution in [2.24, 2.45) is 5.73 Å². The predicted molar refractivity (Wildman–Crippen MR) is 116 cm³/mol. The number of carbonyl (C=O) groups is 1. The van der Waals surface area contributed by atoms with E-state index in [9.17, 15) is 4.79 Å². The van der Waals surface area contributed by atoms with Gasteiger partial charge in [0.05, 0.1) is 21.3 Å². The van der Waals surface area contributed by atoms with Crippen LogP contribution in [0.5, 0.6) is 0 Å². The molecule has 0 spiro atoms. The number of nitrogens with two attached hydrogens (primary N) is 1. The quantitative estimate of drug-likeness (QED) is 0.642. The maximum atomic E-state index is 12.4. The number of hydrogen-bond donors (Lipinski definition) is 1. The Morgan fingerprint density at radius 3 is 2.67 bits per heavy atom. The number of benzene rings is 1. The molecule has 0 atom stereocenters. The lowest BCUT2D eigenvalue weighted by molar-refractivity contribution is -0.133. The zero-order chi connectivity index (χ0) is 17.5. The zero-order valence-corrected chi connectivity index (χ0v) is 17.9. The highest BCUT2D eigenvalue weighted by Gasteiger charge is 2.22. The fourth-order valence-corrected chi connectivity index (χ4v) is 4.19. The van der Waals surface area contributed by atoms with Crippen LogP contribution in [0, 0.1) is 0 Å². The van der Waals surface area contributed by atoms with Gasteiger partial charge in [0.15, 0.2) is 0 Å². The van der Waals surface area contributed by atoms with Crippen LogP contribution in [0.2, 0.25) is 0 Å². The monoisotopic (exact) mass is 433 g/mol. The molecule has 0 bridgehead atoms. The SMILES string of the molecule is Cl.Cl.NCCCOC1CCN(C(=O)CCCc2nc3ccccc3s2)CC1. The first-order chi connectivity index (χ1) is 12.3. The number of thiazole rings is 1. The van der Waals surface area contributed by atoms with Crippen molar-refractivity contribution >= 4 is 52.3 Å². The van der Waals surface area contributed by atoms with Crippen molar-refractivity contribution in [2.45, 2.75) is 44.6 Å². The molecule has 2 heterocycles. The zero-order valence-electron chi connectivity index (χ0n) is 15.5. The van der Waals surface area contributed by atoms with Crippen molar-refractivity contribution in [2.75, 3.05) is 26.2 Å². The van der Waals surface area contributed by atoms with Gasteiger partial charge in [-0.2, -0.15) is 0 Å². The van der Waals surface area contributed by atoms with E-state index in [0.717, 1.165) is 62.3 Å². The second kappa shape index (κ2) is 12.5. The van der Waals surface area contributed by atoms with Gasteiger partial charge < -0.3 is 15.4 Å². The summed E-state index contributed by atoms with van der Waals surface area (Å²) in [4.78, 5) is 19.0. The number of fused-ring (bicyclic) bond motifs is 1. The fourth-order valence-electron chi connectivity index (χ4n) is 3.18. The van der Waals surface area contributed by atoms with Crippen LogP contribution in [0.25, 0.3) is 10.2 Å². The molecule has 1 amide bonds. The summed E-state index contributed by atoms with van der Waals surface area (Å²) in [6, 6.07) is 8.19. The van der Waals surface area contributed by atoms with Gasteiger partial charge in [0, 0.05) is 26.1 Å². The Bertz CT molecular complexity index is 657. The van der Waals surface area contributed by atoms with Gasteiger partial charge in [-0.1, -0.05) is 12.1 Å². The maximum Gasteiger partial charge on any atom is 0.222 e. The number of hydrogen-bond acceptors (Lipinski definition) is 5. The topological polar surface area (TPSA) is 68.5 Å². The molecular weight excluding hydrogens is 405 g/mol. The van der Waals surface area contributed by atoms with Crippen LogP contribution in [0.1, 0.15) is 37.1 Å². The van der Waals surface area contributed by atoms with Crippen molar-refractivity contribution in [3.63, 3.8) is 0 Å². The second-order valence-electron chi connectivity index (χ2n) is 6.52. The Hall–Kier alpha value is -0.920. The minimum Gasteiger partial charge on any atom is -0.378 e. The molecule has 1 saturated heterocycles. The number of nitrogens with zero attached hydrogens (tertiary/aromatic N) is 2. The van der Waals surface area contributed by atoms with Crippen molar-refractivity contribution < 1.29 is 9.53 Å². The molecule has 1 aliphatic heterocycles. The molecule has 0 unspecified atom stereocenters. The third-order valence-corrected chi connectivity index (χ3v) is 5.71. The summed E-state index contributed by atoms with van der Waals surface area (Å²) in [5, 5.41) is 1.13. The summed E-state index contributed by atoms with van der Waals surface area (Å²) in [6.45, 7) is 3.03. The number of carbonyl (C=O) groups excluding carboxylic acids is 1. The van der Waals surface area contributed by atoms with Crippen molar-refractivity contribution in [3.05, 3.63) is 29.3 Å². The van der Waals surface area contributed by atoms with Crippen molar-refractivity contribution in [1.29, 1.82) is 0 Å². The number of likely N-dealkylation sites (tertiary alicyclic amines) is 1. The molecule has 1 aromatic heterocycles. The highest BCUT2D eigenvalue weighted by molar-refractivity contribution is 7.18. The van der Waals surface area contributed by atoms with E-state index in [-0.39, 0.29) is 30.7 Å². The number of aryl methyl sites for hydroxylation is 1. The fraction of sp³-hybridized carbons (Fsp3) is 0.579. The first-order valence-electron chi connectivity index (χ1n) is 9.20. The Morgan fingerprint density at radius 2 is 1.96 bits per heavy atom. The van der Waals surface area contributed by atoms with Gasteiger partial charge in [0.1, 0.15) is 0 Å². The molecule has 152 valence electrons. The van der Waals surface area contributed by atoms with E-state index in [1.165, 1.54) is 4.70 Å². The van der Waals surface area contributed by atoms with Crippen LogP contribution in [-0.2, 0) is 16.0 Å². The molecule has 0 radical (unpaired) electrons. The second-order valence-corrected chi connectivity index (χ2v) is 7.64.